The van der Waals surface area contributed by atoms with Crippen LogP contribution in [0.15, 0.2) is 35.0 Å². The summed E-state index contributed by atoms with van der Waals surface area (Å²) in [5.41, 5.74) is 0.696. The standard InChI is InChI=1S/C10H11ClN2O3S/c1-7(2)3-10(14)13-17(15,16)9-4-8(11)5-12-6-9/h3-6H,1-2H3,(H,13,14). The van der Waals surface area contributed by atoms with Crippen LogP contribution < -0.4 is 4.72 Å². The van der Waals surface area contributed by atoms with Gasteiger partial charge in [0.25, 0.3) is 15.9 Å². The molecule has 0 fully saturated rings. The van der Waals surface area contributed by atoms with Crippen LogP contribution in [-0.4, -0.2) is 19.3 Å². The maximum Gasteiger partial charge on any atom is 0.265 e. The van der Waals surface area contributed by atoms with E-state index in [-0.39, 0.29) is 9.92 Å². The Morgan fingerprint density at radius 1 is 1.41 bits per heavy atom. The third-order valence-electron chi connectivity index (χ3n) is 1.64. The molecule has 17 heavy (non-hydrogen) atoms. The number of sulfonamides is 1. The highest BCUT2D eigenvalue weighted by Gasteiger charge is 2.17. The van der Waals surface area contributed by atoms with Crippen LogP contribution in [0.2, 0.25) is 5.02 Å². The first-order chi connectivity index (χ1) is 7.81. The highest BCUT2D eigenvalue weighted by atomic mass is 35.5. The quantitative estimate of drug-likeness (QED) is 0.848. The van der Waals surface area contributed by atoms with Gasteiger partial charge in [0.05, 0.1) is 5.02 Å². The van der Waals surface area contributed by atoms with Crippen molar-refractivity contribution in [1.82, 2.24) is 9.71 Å². The van der Waals surface area contributed by atoms with Gasteiger partial charge in [0.15, 0.2) is 0 Å². The number of halogens is 1. The van der Waals surface area contributed by atoms with E-state index in [1.807, 2.05) is 4.72 Å². The first kappa shape index (κ1) is 13.7. The van der Waals surface area contributed by atoms with Gasteiger partial charge in [0, 0.05) is 18.5 Å². The molecule has 0 unspecified atom stereocenters. The van der Waals surface area contributed by atoms with Crippen LogP contribution in [0.25, 0.3) is 0 Å². The summed E-state index contributed by atoms with van der Waals surface area (Å²) in [4.78, 5) is 14.8. The Morgan fingerprint density at radius 3 is 2.59 bits per heavy atom. The van der Waals surface area contributed by atoms with Crippen molar-refractivity contribution in [2.24, 2.45) is 0 Å². The monoisotopic (exact) mass is 274 g/mol. The van der Waals surface area contributed by atoms with Gasteiger partial charge in [0.2, 0.25) is 0 Å². The predicted molar refractivity (Wildman–Crippen MR) is 64.0 cm³/mol. The number of hydrogen-bond acceptors (Lipinski definition) is 4. The van der Waals surface area contributed by atoms with Crippen LogP contribution in [0.3, 0.4) is 0 Å². The lowest BCUT2D eigenvalue weighted by atomic mass is 10.3. The molecule has 0 atom stereocenters. The van der Waals surface area contributed by atoms with Crippen LogP contribution in [0, 0.1) is 0 Å². The van der Waals surface area contributed by atoms with Gasteiger partial charge in [-0.1, -0.05) is 17.2 Å². The van der Waals surface area contributed by atoms with Crippen molar-refractivity contribution in [2.45, 2.75) is 18.7 Å². The summed E-state index contributed by atoms with van der Waals surface area (Å²) in [5, 5.41) is 0.183. The Labute approximate surface area is 105 Å². The highest BCUT2D eigenvalue weighted by molar-refractivity contribution is 7.90. The average Bonchev–Trinajstić information content (AvgIpc) is 2.15. The summed E-state index contributed by atoms with van der Waals surface area (Å²) in [6.07, 6.45) is 3.61. The van der Waals surface area contributed by atoms with Crippen molar-refractivity contribution in [1.29, 1.82) is 0 Å². The van der Waals surface area contributed by atoms with Crippen molar-refractivity contribution in [3.05, 3.63) is 35.1 Å². The van der Waals surface area contributed by atoms with Crippen LogP contribution in [0.4, 0.5) is 0 Å². The molecule has 1 heterocycles. The SMILES string of the molecule is CC(C)=CC(=O)NS(=O)(=O)c1cncc(Cl)c1. The molecule has 0 aliphatic carbocycles. The zero-order valence-electron chi connectivity index (χ0n) is 9.27. The van der Waals surface area contributed by atoms with Crippen molar-refractivity contribution < 1.29 is 13.2 Å². The molecule has 5 nitrogen and oxygen atoms in total. The number of aromatic nitrogens is 1. The highest BCUT2D eigenvalue weighted by Crippen LogP contribution is 2.13. The van der Waals surface area contributed by atoms with Gasteiger partial charge in [-0.15, -0.1) is 0 Å². The molecule has 1 N–H and O–H groups in total. The van der Waals surface area contributed by atoms with E-state index in [4.69, 9.17) is 11.6 Å². The van der Waals surface area contributed by atoms with Crippen LogP contribution in [-0.2, 0) is 14.8 Å². The number of carbonyl (C=O) groups excluding carboxylic acids is 1. The smallest absolute Gasteiger partial charge is 0.265 e. The second-order valence-electron chi connectivity index (χ2n) is 3.53. The molecule has 0 saturated heterocycles. The molecule has 92 valence electrons. The number of nitrogens with zero attached hydrogens (tertiary/aromatic N) is 1. The summed E-state index contributed by atoms with van der Waals surface area (Å²) in [5.74, 6) is -0.704. The molecule has 0 aromatic carbocycles. The molecule has 0 saturated carbocycles. The lowest BCUT2D eigenvalue weighted by Gasteiger charge is -2.04. The van der Waals surface area contributed by atoms with Crippen LogP contribution in [0.5, 0.6) is 0 Å². The summed E-state index contributed by atoms with van der Waals surface area (Å²) in [6, 6.07) is 1.21. The fourth-order valence-corrected chi connectivity index (χ4v) is 2.18. The summed E-state index contributed by atoms with van der Waals surface area (Å²) >= 11 is 5.62. The van der Waals surface area contributed by atoms with Crippen LogP contribution in [0.1, 0.15) is 13.8 Å². The summed E-state index contributed by atoms with van der Waals surface area (Å²) in [7, 11) is -3.92. The fourth-order valence-electron chi connectivity index (χ4n) is 1.02. The lowest BCUT2D eigenvalue weighted by Crippen LogP contribution is -2.29. The zero-order valence-corrected chi connectivity index (χ0v) is 10.8. The van der Waals surface area contributed by atoms with E-state index in [2.05, 4.69) is 4.98 Å². The molecule has 0 bridgehead atoms. The van der Waals surface area contributed by atoms with E-state index >= 15 is 0 Å². The first-order valence-corrected chi connectivity index (χ1v) is 6.49. The summed E-state index contributed by atoms with van der Waals surface area (Å²) in [6.45, 7) is 3.38. The van der Waals surface area contributed by atoms with Gasteiger partial charge < -0.3 is 0 Å². The van der Waals surface area contributed by atoms with Gasteiger partial charge in [-0.3, -0.25) is 9.78 Å². The lowest BCUT2D eigenvalue weighted by molar-refractivity contribution is -0.114. The number of allylic oxidation sites excluding steroid dienone is 1. The molecule has 0 spiro atoms. The van der Waals surface area contributed by atoms with Crippen molar-refractivity contribution in [2.75, 3.05) is 0 Å². The number of carbonyl (C=O) groups is 1. The zero-order chi connectivity index (χ0) is 13.1. The number of rotatable bonds is 3. The Balaban J connectivity index is 2.98. The van der Waals surface area contributed by atoms with Gasteiger partial charge in [-0.05, 0) is 19.9 Å². The van der Waals surface area contributed by atoms with E-state index in [1.165, 1.54) is 18.3 Å². The minimum Gasteiger partial charge on any atom is -0.269 e. The maximum atomic E-state index is 11.7. The number of hydrogen-bond donors (Lipinski definition) is 1. The minimum absolute atomic E-state index is 0.152. The molecule has 1 aromatic rings. The Bertz CT molecular complexity index is 563. The first-order valence-electron chi connectivity index (χ1n) is 4.63. The molecule has 0 radical (unpaired) electrons. The van der Waals surface area contributed by atoms with Crippen LogP contribution >= 0.6 is 11.6 Å². The average molecular weight is 275 g/mol. The van der Waals surface area contributed by atoms with Gasteiger partial charge >= 0.3 is 0 Å². The maximum absolute atomic E-state index is 11.7. The largest absolute Gasteiger partial charge is 0.269 e. The number of pyridine rings is 1. The Morgan fingerprint density at radius 2 is 2.06 bits per heavy atom. The van der Waals surface area contributed by atoms with Gasteiger partial charge in [-0.2, -0.15) is 0 Å². The molecular weight excluding hydrogens is 264 g/mol. The second kappa shape index (κ2) is 5.29. The van der Waals surface area contributed by atoms with E-state index in [0.717, 1.165) is 6.20 Å². The minimum atomic E-state index is -3.92. The van der Waals surface area contributed by atoms with E-state index in [9.17, 15) is 13.2 Å². The Kier molecular flexibility index (Phi) is 4.25. The molecule has 0 aliphatic rings. The normalized spacial score (nSPS) is 10.8. The predicted octanol–water partition coefficient (Wildman–Crippen LogP) is 1.51. The van der Waals surface area contributed by atoms with E-state index in [0.29, 0.717) is 5.57 Å². The molecule has 1 amide bonds. The third kappa shape index (κ3) is 4.16. The fraction of sp³-hybridized carbons (Fsp3) is 0.200. The topological polar surface area (TPSA) is 76.1 Å². The molecule has 1 rings (SSSR count). The van der Waals surface area contributed by atoms with Gasteiger partial charge in [-0.25, -0.2) is 13.1 Å². The van der Waals surface area contributed by atoms with E-state index in [1.54, 1.807) is 13.8 Å². The second-order valence-corrected chi connectivity index (χ2v) is 5.65. The van der Waals surface area contributed by atoms with Crippen molar-refractivity contribution in [3.63, 3.8) is 0 Å². The third-order valence-corrected chi connectivity index (χ3v) is 3.17. The molecule has 7 heteroatoms. The van der Waals surface area contributed by atoms with E-state index < -0.39 is 15.9 Å². The summed E-state index contributed by atoms with van der Waals surface area (Å²) < 4.78 is 25.3. The van der Waals surface area contributed by atoms with Crippen molar-refractivity contribution in [3.8, 4) is 0 Å². The Hall–Kier alpha value is -1.40. The number of nitrogens with one attached hydrogen (secondary N) is 1. The molecule has 1 aromatic heterocycles. The number of amides is 1. The van der Waals surface area contributed by atoms with Crippen molar-refractivity contribution >= 4 is 27.5 Å². The van der Waals surface area contributed by atoms with Gasteiger partial charge in [0.1, 0.15) is 4.90 Å². The molecule has 0 aliphatic heterocycles. The molecular formula is C10H11ClN2O3S.